The normalized spacial score (nSPS) is 16.7. The van der Waals surface area contributed by atoms with Gasteiger partial charge in [0.25, 0.3) is 0 Å². The van der Waals surface area contributed by atoms with Crippen LogP contribution in [-0.2, 0) is 0 Å². The molecule has 0 bridgehead atoms. The lowest BCUT2D eigenvalue weighted by molar-refractivity contribution is 0.502. The summed E-state index contributed by atoms with van der Waals surface area (Å²) in [5.41, 5.74) is 7.02. The monoisotopic (exact) mass is 300 g/mol. The first-order valence-corrected chi connectivity index (χ1v) is 8.27. The summed E-state index contributed by atoms with van der Waals surface area (Å²) >= 11 is 0. The smallest absolute Gasteiger partial charge is 0.0251 e. The Bertz CT molecular complexity index is 870. The molecule has 0 heteroatoms. The summed E-state index contributed by atoms with van der Waals surface area (Å²) < 4.78 is 0. The highest BCUT2D eigenvalue weighted by atomic mass is 14.4. The van der Waals surface area contributed by atoms with Crippen LogP contribution in [0.25, 0.3) is 10.8 Å². The zero-order valence-electron chi connectivity index (χ0n) is 14.7. The third-order valence-corrected chi connectivity index (χ3v) is 5.77. The van der Waals surface area contributed by atoms with E-state index < -0.39 is 0 Å². The molecule has 0 aliphatic heterocycles. The molecule has 116 valence electrons. The minimum absolute atomic E-state index is 0.0953. The number of hydrogen-bond donors (Lipinski definition) is 0. The minimum Gasteiger partial charge on any atom is -0.0966 e. The predicted molar refractivity (Wildman–Crippen MR) is 100 cm³/mol. The van der Waals surface area contributed by atoms with Crippen LogP contribution in [0.4, 0.5) is 0 Å². The number of benzene rings is 2. The van der Waals surface area contributed by atoms with Gasteiger partial charge in [-0.3, -0.25) is 0 Å². The largest absolute Gasteiger partial charge is 0.0966 e. The third-order valence-electron chi connectivity index (χ3n) is 5.77. The Morgan fingerprint density at radius 1 is 0.826 bits per heavy atom. The van der Waals surface area contributed by atoms with E-state index in [4.69, 9.17) is 0 Å². The van der Waals surface area contributed by atoms with Gasteiger partial charge in [-0.1, -0.05) is 60.2 Å². The van der Waals surface area contributed by atoms with Gasteiger partial charge in [-0.15, -0.1) is 0 Å². The Morgan fingerprint density at radius 3 is 2.09 bits per heavy atom. The van der Waals surface area contributed by atoms with Crippen LogP contribution >= 0.6 is 0 Å². The third kappa shape index (κ3) is 2.62. The highest BCUT2D eigenvalue weighted by Gasteiger charge is 2.35. The van der Waals surface area contributed by atoms with Crippen LogP contribution < -0.4 is 0 Å². The van der Waals surface area contributed by atoms with E-state index in [1.165, 1.54) is 33.1 Å². The molecule has 0 nitrogen and oxygen atoms in total. The van der Waals surface area contributed by atoms with Crippen molar-refractivity contribution in [3.8, 4) is 11.8 Å². The van der Waals surface area contributed by atoms with Crippen molar-refractivity contribution in [2.24, 2.45) is 5.41 Å². The van der Waals surface area contributed by atoms with Gasteiger partial charge in [-0.2, -0.15) is 0 Å². The first-order chi connectivity index (χ1) is 10.9. The van der Waals surface area contributed by atoms with E-state index in [-0.39, 0.29) is 5.41 Å². The molecule has 23 heavy (non-hydrogen) atoms. The molecule has 0 saturated carbocycles. The maximum absolute atomic E-state index is 3.43. The summed E-state index contributed by atoms with van der Waals surface area (Å²) in [5, 5.41) is 2.52. The zero-order valence-corrected chi connectivity index (χ0v) is 14.7. The van der Waals surface area contributed by atoms with Gasteiger partial charge in [0.15, 0.2) is 0 Å². The lowest BCUT2D eigenvalue weighted by Gasteiger charge is -2.26. The number of rotatable bonds is 1. The molecule has 1 aliphatic rings. The van der Waals surface area contributed by atoms with E-state index in [1.54, 1.807) is 0 Å². The van der Waals surface area contributed by atoms with E-state index in [1.807, 2.05) is 0 Å². The van der Waals surface area contributed by atoms with Crippen molar-refractivity contribution in [2.45, 2.75) is 41.0 Å². The Hall–Kier alpha value is -2.26. The number of allylic oxidation sites excluding steroid dienone is 4. The van der Waals surface area contributed by atoms with Gasteiger partial charge in [0.05, 0.1) is 0 Å². The van der Waals surface area contributed by atoms with Crippen molar-refractivity contribution in [3.63, 3.8) is 0 Å². The Labute approximate surface area is 139 Å². The molecule has 0 N–H and O–H groups in total. The summed E-state index contributed by atoms with van der Waals surface area (Å²) in [5.74, 6) is 6.80. The molecule has 0 saturated heterocycles. The zero-order chi connectivity index (χ0) is 16.6. The molecule has 0 amide bonds. The van der Waals surface area contributed by atoms with Crippen molar-refractivity contribution in [1.82, 2.24) is 0 Å². The first-order valence-electron chi connectivity index (χ1n) is 8.27. The van der Waals surface area contributed by atoms with E-state index in [9.17, 15) is 0 Å². The summed E-state index contributed by atoms with van der Waals surface area (Å²) in [6, 6.07) is 14.9. The van der Waals surface area contributed by atoms with Crippen molar-refractivity contribution in [3.05, 3.63) is 70.3 Å². The standard InChI is InChI=1S/C23H24/c1-16-17(2)19(4)23(5,18(16)3)14-8-9-20-12-13-21-10-6-7-11-22(21)15-20/h6-7,10-13,15H,14H2,1-5H3. The molecule has 3 rings (SSSR count). The molecule has 0 radical (unpaired) electrons. The van der Waals surface area contributed by atoms with Crippen LogP contribution in [0.3, 0.4) is 0 Å². The fourth-order valence-electron chi connectivity index (χ4n) is 3.53. The number of fused-ring (bicyclic) bond motifs is 1. The van der Waals surface area contributed by atoms with E-state index in [0.29, 0.717) is 0 Å². The molecule has 0 unspecified atom stereocenters. The lowest BCUT2D eigenvalue weighted by Crippen LogP contribution is -2.16. The van der Waals surface area contributed by atoms with Crippen molar-refractivity contribution >= 4 is 10.8 Å². The molecule has 0 spiro atoms. The second kappa shape index (κ2) is 5.74. The van der Waals surface area contributed by atoms with Gasteiger partial charge in [0.2, 0.25) is 0 Å². The Balaban J connectivity index is 1.88. The molecule has 2 aromatic carbocycles. The second-order valence-corrected chi connectivity index (χ2v) is 6.87. The molecular formula is C23H24. The van der Waals surface area contributed by atoms with Gasteiger partial charge in [0, 0.05) is 17.4 Å². The maximum Gasteiger partial charge on any atom is 0.0251 e. The fraction of sp³-hybridized carbons (Fsp3) is 0.304. The van der Waals surface area contributed by atoms with E-state index in [0.717, 1.165) is 12.0 Å². The van der Waals surface area contributed by atoms with E-state index in [2.05, 4.69) is 88.9 Å². The number of hydrogen-bond acceptors (Lipinski definition) is 0. The molecule has 1 aliphatic carbocycles. The topological polar surface area (TPSA) is 0 Å². The summed E-state index contributed by atoms with van der Waals surface area (Å²) in [6.07, 6.45) is 0.881. The van der Waals surface area contributed by atoms with Crippen molar-refractivity contribution in [1.29, 1.82) is 0 Å². The lowest BCUT2D eigenvalue weighted by atomic mass is 9.77. The van der Waals surface area contributed by atoms with Crippen LogP contribution in [0.1, 0.15) is 46.6 Å². The Kier molecular flexibility index (Phi) is 3.90. The average Bonchev–Trinajstić information content (AvgIpc) is 2.71. The highest BCUT2D eigenvalue weighted by molar-refractivity contribution is 5.83. The molecule has 0 aromatic heterocycles. The minimum atomic E-state index is 0.0953. The second-order valence-electron chi connectivity index (χ2n) is 6.87. The fourth-order valence-corrected chi connectivity index (χ4v) is 3.53. The van der Waals surface area contributed by atoms with Crippen LogP contribution in [-0.4, -0.2) is 0 Å². The molecule has 2 aromatic rings. The quantitative estimate of drug-likeness (QED) is 0.544. The van der Waals surface area contributed by atoms with Gasteiger partial charge in [-0.25, -0.2) is 0 Å². The van der Waals surface area contributed by atoms with Crippen molar-refractivity contribution in [2.75, 3.05) is 0 Å². The molecule has 0 heterocycles. The van der Waals surface area contributed by atoms with Crippen LogP contribution in [0.5, 0.6) is 0 Å². The van der Waals surface area contributed by atoms with Crippen LogP contribution in [0, 0.1) is 17.3 Å². The first kappa shape index (κ1) is 15.6. The van der Waals surface area contributed by atoms with Gasteiger partial charge in [-0.05, 0) is 61.7 Å². The van der Waals surface area contributed by atoms with Gasteiger partial charge in [0.1, 0.15) is 0 Å². The summed E-state index contributed by atoms with van der Waals surface area (Å²) in [6.45, 7) is 11.3. The SMILES string of the molecule is CC1=C(C)C(C)(CC#Cc2ccc3ccccc3c2)C(C)=C1C. The Morgan fingerprint density at radius 2 is 1.43 bits per heavy atom. The predicted octanol–water partition coefficient (Wildman–Crippen LogP) is 6.27. The van der Waals surface area contributed by atoms with Gasteiger partial charge >= 0.3 is 0 Å². The summed E-state index contributed by atoms with van der Waals surface area (Å²) in [4.78, 5) is 0. The van der Waals surface area contributed by atoms with Gasteiger partial charge < -0.3 is 0 Å². The maximum atomic E-state index is 3.43. The van der Waals surface area contributed by atoms with Crippen LogP contribution in [0.15, 0.2) is 64.8 Å². The van der Waals surface area contributed by atoms with E-state index >= 15 is 0 Å². The average molecular weight is 300 g/mol. The molecular weight excluding hydrogens is 276 g/mol. The highest BCUT2D eigenvalue weighted by Crippen LogP contribution is 2.48. The van der Waals surface area contributed by atoms with Crippen LogP contribution in [0.2, 0.25) is 0 Å². The van der Waals surface area contributed by atoms with Crippen molar-refractivity contribution < 1.29 is 0 Å². The summed E-state index contributed by atoms with van der Waals surface area (Å²) in [7, 11) is 0. The molecule has 0 fully saturated rings. The molecule has 0 atom stereocenters.